The lowest BCUT2D eigenvalue weighted by Crippen LogP contribution is -2.48. The van der Waals surface area contributed by atoms with Crippen molar-refractivity contribution in [1.29, 1.82) is 0 Å². The number of nitrogens with zero attached hydrogens (tertiary/aromatic N) is 4. The summed E-state index contributed by atoms with van der Waals surface area (Å²) in [6, 6.07) is 13.8. The fourth-order valence-electron chi connectivity index (χ4n) is 8.28. The van der Waals surface area contributed by atoms with E-state index >= 15 is 0 Å². The lowest BCUT2D eigenvalue weighted by atomic mass is 9.48. The second kappa shape index (κ2) is 13.2. The van der Waals surface area contributed by atoms with Gasteiger partial charge in [0.2, 0.25) is 5.95 Å². The molecule has 4 saturated carbocycles. The SMILES string of the molecule is CCOc1cc(/C=N\Nc2ncc(F)c(N3CCOCC3)n2)ccc1OCC(=O)Nc1ccc(C23CC4CC(CC(C4)C2)C3)cc1. The largest absolute Gasteiger partial charge is 0.490 e. The third kappa shape index (κ3) is 6.65. The van der Waals surface area contributed by atoms with E-state index in [1.807, 2.05) is 24.0 Å². The second-order valence-corrected chi connectivity index (χ2v) is 13.1. The Morgan fingerprint density at radius 2 is 1.76 bits per heavy atom. The molecule has 3 aromatic rings. The first kappa shape index (κ1) is 30.4. The number of ether oxygens (including phenoxy) is 3. The number of hydrogen-bond acceptors (Lipinski definition) is 9. The summed E-state index contributed by atoms with van der Waals surface area (Å²) in [5.41, 5.74) is 6.03. The Hall–Kier alpha value is -4.25. The molecule has 1 saturated heterocycles. The molecule has 4 aliphatic carbocycles. The van der Waals surface area contributed by atoms with Crippen LogP contribution in [-0.2, 0) is 14.9 Å². The van der Waals surface area contributed by atoms with Crippen molar-refractivity contribution in [2.75, 3.05) is 55.2 Å². The van der Waals surface area contributed by atoms with Gasteiger partial charge in [-0.1, -0.05) is 12.1 Å². The van der Waals surface area contributed by atoms with Crippen LogP contribution in [0.3, 0.4) is 0 Å². The molecule has 5 aliphatic rings. The molecule has 2 aromatic carbocycles. The predicted molar refractivity (Wildman–Crippen MR) is 174 cm³/mol. The first-order chi connectivity index (χ1) is 22.5. The van der Waals surface area contributed by atoms with Crippen LogP contribution in [0.5, 0.6) is 11.5 Å². The van der Waals surface area contributed by atoms with E-state index in [0.29, 0.717) is 49.8 Å². The molecule has 1 aliphatic heterocycles. The van der Waals surface area contributed by atoms with Crippen molar-refractivity contribution in [1.82, 2.24) is 9.97 Å². The van der Waals surface area contributed by atoms with Crippen molar-refractivity contribution in [3.05, 3.63) is 65.6 Å². The number of amides is 1. The molecule has 2 heterocycles. The summed E-state index contributed by atoms with van der Waals surface area (Å²) in [7, 11) is 0. The minimum Gasteiger partial charge on any atom is -0.490 e. The molecule has 46 heavy (non-hydrogen) atoms. The monoisotopic (exact) mass is 628 g/mol. The maximum atomic E-state index is 14.3. The van der Waals surface area contributed by atoms with Gasteiger partial charge in [-0.25, -0.2) is 14.8 Å². The summed E-state index contributed by atoms with van der Waals surface area (Å²) in [5, 5.41) is 7.18. The van der Waals surface area contributed by atoms with Gasteiger partial charge in [-0.3, -0.25) is 4.79 Å². The molecule has 1 aromatic heterocycles. The maximum Gasteiger partial charge on any atom is 0.262 e. The van der Waals surface area contributed by atoms with Gasteiger partial charge in [0, 0.05) is 18.8 Å². The molecule has 5 fully saturated rings. The van der Waals surface area contributed by atoms with Crippen LogP contribution in [0.2, 0.25) is 0 Å². The van der Waals surface area contributed by atoms with Crippen LogP contribution in [0, 0.1) is 23.6 Å². The van der Waals surface area contributed by atoms with Gasteiger partial charge in [0.15, 0.2) is 29.7 Å². The molecule has 0 unspecified atom stereocenters. The molecule has 8 rings (SSSR count). The third-order valence-electron chi connectivity index (χ3n) is 9.86. The summed E-state index contributed by atoms with van der Waals surface area (Å²) in [6.07, 6.45) is 10.9. The maximum absolute atomic E-state index is 14.3. The van der Waals surface area contributed by atoms with Crippen molar-refractivity contribution in [3.8, 4) is 11.5 Å². The van der Waals surface area contributed by atoms with Crippen molar-refractivity contribution < 1.29 is 23.4 Å². The standard InChI is InChI=1S/C35H41FN6O4/c1-2-45-31-16-23(20-38-41-34-37-21-29(36)33(40-34)42-9-11-44-12-10-42)3-8-30(31)46-22-32(43)39-28-6-4-27(5-7-28)35-17-24-13-25(18-35)15-26(14-24)19-35/h3-8,16,20-21,24-26H,2,9-15,17-19,22H2,1H3,(H,39,43)(H,37,40,41)/b38-20-. The van der Waals surface area contributed by atoms with Crippen LogP contribution >= 0.6 is 0 Å². The number of morpholine rings is 1. The summed E-state index contributed by atoms with van der Waals surface area (Å²) in [6.45, 7) is 4.30. The molecule has 10 nitrogen and oxygen atoms in total. The Morgan fingerprint density at radius 1 is 1.04 bits per heavy atom. The molecular weight excluding hydrogens is 587 g/mol. The number of benzene rings is 2. The summed E-state index contributed by atoms with van der Waals surface area (Å²) in [4.78, 5) is 22.9. The van der Waals surface area contributed by atoms with Gasteiger partial charge in [0.25, 0.3) is 5.91 Å². The van der Waals surface area contributed by atoms with Crippen LogP contribution in [0.25, 0.3) is 0 Å². The number of aromatic nitrogens is 2. The van der Waals surface area contributed by atoms with Gasteiger partial charge in [-0.15, -0.1) is 0 Å². The Labute approximate surface area is 268 Å². The Balaban J connectivity index is 0.936. The zero-order valence-electron chi connectivity index (χ0n) is 26.2. The minimum absolute atomic E-state index is 0.154. The topological polar surface area (TPSA) is 110 Å². The van der Waals surface area contributed by atoms with E-state index in [-0.39, 0.29) is 24.3 Å². The van der Waals surface area contributed by atoms with Gasteiger partial charge >= 0.3 is 0 Å². The molecule has 2 N–H and O–H groups in total. The number of hydrazone groups is 1. The average molecular weight is 629 g/mol. The van der Waals surface area contributed by atoms with Crippen LogP contribution in [0.1, 0.15) is 56.6 Å². The van der Waals surface area contributed by atoms with Crippen molar-refractivity contribution in [2.45, 2.75) is 50.9 Å². The lowest BCUT2D eigenvalue weighted by Gasteiger charge is -2.57. The number of nitrogens with one attached hydrogen (secondary N) is 2. The first-order valence-corrected chi connectivity index (χ1v) is 16.4. The molecule has 4 bridgehead atoms. The molecule has 0 radical (unpaired) electrons. The number of carbonyl (C=O) groups is 1. The van der Waals surface area contributed by atoms with E-state index in [4.69, 9.17) is 14.2 Å². The number of halogens is 1. The molecular formula is C35H41FN6O4. The molecule has 0 spiro atoms. The average Bonchev–Trinajstić information content (AvgIpc) is 3.05. The quantitative estimate of drug-likeness (QED) is 0.203. The van der Waals surface area contributed by atoms with E-state index in [1.54, 1.807) is 24.4 Å². The first-order valence-electron chi connectivity index (χ1n) is 16.4. The smallest absolute Gasteiger partial charge is 0.262 e. The van der Waals surface area contributed by atoms with Crippen LogP contribution in [-0.4, -0.2) is 61.6 Å². The Kier molecular flexibility index (Phi) is 8.75. The number of anilines is 3. The lowest BCUT2D eigenvalue weighted by molar-refractivity contribution is -0.118. The summed E-state index contributed by atoms with van der Waals surface area (Å²) in [5.74, 6) is 3.30. The van der Waals surface area contributed by atoms with Crippen LogP contribution in [0.15, 0.2) is 53.8 Å². The van der Waals surface area contributed by atoms with Crippen molar-refractivity contribution in [3.63, 3.8) is 0 Å². The highest BCUT2D eigenvalue weighted by atomic mass is 19.1. The van der Waals surface area contributed by atoms with E-state index in [1.165, 1.54) is 44.1 Å². The molecule has 242 valence electrons. The fraction of sp³-hybridized carbons (Fsp3) is 0.486. The fourth-order valence-corrected chi connectivity index (χ4v) is 8.28. The van der Waals surface area contributed by atoms with Gasteiger partial charge < -0.3 is 24.4 Å². The molecule has 11 heteroatoms. The van der Waals surface area contributed by atoms with Gasteiger partial charge in [-0.05, 0) is 110 Å². The van der Waals surface area contributed by atoms with Gasteiger partial charge in [0.05, 0.1) is 32.2 Å². The summed E-state index contributed by atoms with van der Waals surface area (Å²) < 4.78 is 31.3. The number of rotatable bonds is 11. The highest BCUT2D eigenvalue weighted by Crippen LogP contribution is 2.60. The summed E-state index contributed by atoms with van der Waals surface area (Å²) >= 11 is 0. The van der Waals surface area contributed by atoms with E-state index in [2.05, 4.69) is 37.9 Å². The molecule has 1 amide bonds. The number of carbonyl (C=O) groups excluding carboxylic acids is 1. The Morgan fingerprint density at radius 3 is 2.46 bits per heavy atom. The minimum atomic E-state index is -0.493. The highest BCUT2D eigenvalue weighted by molar-refractivity contribution is 5.92. The van der Waals surface area contributed by atoms with Crippen LogP contribution < -0.4 is 25.1 Å². The highest BCUT2D eigenvalue weighted by Gasteiger charge is 2.51. The number of hydrogen-bond donors (Lipinski definition) is 2. The predicted octanol–water partition coefficient (Wildman–Crippen LogP) is 5.78. The third-order valence-corrected chi connectivity index (χ3v) is 9.86. The normalized spacial score (nSPS) is 25.1. The van der Waals surface area contributed by atoms with E-state index in [9.17, 15) is 9.18 Å². The molecule has 0 atom stereocenters. The second-order valence-electron chi connectivity index (χ2n) is 13.1. The van der Waals surface area contributed by atoms with Crippen LogP contribution in [0.4, 0.5) is 21.8 Å². The van der Waals surface area contributed by atoms with E-state index in [0.717, 1.165) is 35.2 Å². The Bertz CT molecular complexity index is 1540. The van der Waals surface area contributed by atoms with Gasteiger partial charge in [0.1, 0.15) is 0 Å². The van der Waals surface area contributed by atoms with Crippen molar-refractivity contribution >= 4 is 29.6 Å². The van der Waals surface area contributed by atoms with Crippen molar-refractivity contribution in [2.24, 2.45) is 22.9 Å². The zero-order valence-corrected chi connectivity index (χ0v) is 26.2. The zero-order chi connectivity index (χ0) is 31.5. The van der Waals surface area contributed by atoms with Gasteiger partial charge in [-0.2, -0.15) is 10.1 Å². The van der Waals surface area contributed by atoms with E-state index < -0.39 is 5.82 Å².